The van der Waals surface area contributed by atoms with Crippen molar-refractivity contribution in [1.82, 2.24) is 24.6 Å². The van der Waals surface area contributed by atoms with E-state index in [9.17, 15) is 9.90 Å². The summed E-state index contributed by atoms with van der Waals surface area (Å²) in [6.45, 7) is 7.23. The van der Waals surface area contributed by atoms with Crippen molar-refractivity contribution in [2.45, 2.75) is 69.9 Å². The number of carbonyl (C=O) groups is 1. The lowest BCUT2D eigenvalue weighted by Gasteiger charge is -2.40. The third-order valence-electron chi connectivity index (χ3n) is 7.41. The molecule has 2 aromatic heterocycles. The molecule has 8 heteroatoms. The standard InChI is InChI=1S/C27H33N5O3/c1-27(2,3)35-26(34)31-12-19(13-31)18-6-7-22-23(10-18)29-24(11-28-22)21-14-32(20-8-16(9-20)15-33)30-25(21)17-4-5-17/h6-7,10-11,14,16-17,19-20,33H,4-5,8-9,12-13,15H2,1-3H3/t16-,20-. The van der Waals surface area contributed by atoms with Crippen molar-refractivity contribution in [2.75, 3.05) is 19.7 Å². The van der Waals surface area contributed by atoms with Crippen molar-refractivity contribution < 1.29 is 14.6 Å². The summed E-state index contributed by atoms with van der Waals surface area (Å²) in [7, 11) is 0. The number of hydrogen-bond acceptors (Lipinski definition) is 6. The summed E-state index contributed by atoms with van der Waals surface area (Å²) in [6.07, 6.45) is 8.06. The number of nitrogens with zero attached hydrogens (tertiary/aromatic N) is 5. The van der Waals surface area contributed by atoms with Crippen LogP contribution in [0.4, 0.5) is 4.79 Å². The molecule has 1 amide bonds. The van der Waals surface area contributed by atoms with Crippen molar-refractivity contribution in [3.05, 3.63) is 41.9 Å². The molecule has 2 saturated carbocycles. The van der Waals surface area contributed by atoms with Crippen molar-refractivity contribution in [1.29, 1.82) is 0 Å². The van der Waals surface area contributed by atoms with E-state index >= 15 is 0 Å². The lowest BCUT2D eigenvalue weighted by atomic mass is 9.81. The lowest BCUT2D eigenvalue weighted by Crippen LogP contribution is -2.50. The van der Waals surface area contributed by atoms with Crippen LogP contribution in [0.3, 0.4) is 0 Å². The van der Waals surface area contributed by atoms with Crippen LogP contribution in [0.1, 0.15) is 75.6 Å². The maximum Gasteiger partial charge on any atom is 0.410 e. The van der Waals surface area contributed by atoms with Gasteiger partial charge in [0.2, 0.25) is 0 Å². The van der Waals surface area contributed by atoms with Crippen LogP contribution in [0.25, 0.3) is 22.3 Å². The molecular formula is C27H33N5O3. The first-order valence-electron chi connectivity index (χ1n) is 12.7. The lowest BCUT2D eigenvalue weighted by molar-refractivity contribution is 0.00820. The highest BCUT2D eigenvalue weighted by Gasteiger charge is 2.36. The van der Waals surface area contributed by atoms with Crippen molar-refractivity contribution >= 4 is 17.1 Å². The van der Waals surface area contributed by atoms with E-state index in [1.807, 2.05) is 33.0 Å². The van der Waals surface area contributed by atoms with Gasteiger partial charge in [-0.25, -0.2) is 9.78 Å². The second-order valence-corrected chi connectivity index (χ2v) is 11.4. The Hall–Kier alpha value is -3.00. The fourth-order valence-corrected chi connectivity index (χ4v) is 5.09. The van der Waals surface area contributed by atoms with Gasteiger partial charge in [-0.3, -0.25) is 9.67 Å². The fraction of sp³-hybridized carbons (Fsp3) is 0.556. The Balaban J connectivity index is 1.23. The third-order valence-corrected chi connectivity index (χ3v) is 7.41. The van der Waals surface area contributed by atoms with Crippen LogP contribution in [-0.2, 0) is 4.74 Å². The molecule has 0 unspecified atom stereocenters. The van der Waals surface area contributed by atoms with Gasteiger partial charge < -0.3 is 14.7 Å². The van der Waals surface area contributed by atoms with Crippen molar-refractivity contribution in [2.24, 2.45) is 5.92 Å². The molecule has 0 atom stereocenters. The van der Waals surface area contributed by atoms with E-state index in [0.29, 0.717) is 31.0 Å². The highest BCUT2D eigenvalue weighted by molar-refractivity contribution is 5.78. The predicted octanol–water partition coefficient (Wildman–Crippen LogP) is 4.65. The summed E-state index contributed by atoms with van der Waals surface area (Å²) in [5.74, 6) is 1.19. The smallest absolute Gasteiger partial charge is 0.410 e. The van der Waals surface area contributed by atoms with Gasteiger partial charge in [0.1, 0.15) is 5.60 Å². The minimum Gasteiger partial charge on any atom is -0.444 e. The van der Waals surface area contributed by atoms with E-state index in [1.165, 1.54) is 18.4 Å². The SMILES string of the molecule is CC(C)(C)OC(=O)N1CC(c2ccc3ncc(-c4cn([C@H]5C[C@H](CO)C5)nc4C4CC4)nc3c2)C1. The van der Waals surface area contributed by atoms with Gasteiger partial charge in [-0.15, -0.1) is 0 Å². The van der Waals surface area contributed by atoms with Gasteiger partial charge in [0.25, 0.3) is 0 Å². The van der Waals surface area contributed by atoms with Crippen molar-refractivity contribution in [3.8, 4) is 11.3 Å². The van der Waals surface area contributed by atoms with E-state index in [2.05, 4.69) is 23.0 Å². The van der Waals surface area contributed by atoms with Crippen LogP contribution in [0.2, 0.25) is 0 Å². The molecule has 1 N–H and O–H groups in total. The summed E-state index contributed by atoms with van der Waals surface area (Å²) in [5.41, 5.74) is 5.51. The third kappa shape index (κ3) is 4.40. The Kier molecular flexibility index (Phi) is 5.32. The molecule has 0 spiro atoms. The number of aromatic nitrogens is 4. The van der Waals surface area contributed by atoms with E-state index in [4.69, 9.17) is 19.8 Å². The van der Waals surface area contributed by atoms with Gasteiger partial charge >= 0.3 is 6.09 Å². The normalized spacial score (nSPS) is 22.7. The first kappa shape index (κ1) is 22.5. The van der Waals surface area contributed by atoms with Gasteiger partial charge in [-0.2, -0.15) is 5.10 Å². The molecule has 0 radical (unpaired) electrons. The second kappa shape index (κ2) is 8.29. The Morgan fingerprint density at radius 1 is 1.14 bits per heavy atom. The van der Waals surface area contributed by atoms with Gasteiger partial charge in [-0.1, -0.05) is 6.07 Å². The summed E-state index contributed by atoms with van der Waals surface area (Å²) in [5, 5.41) is 14.3. The van der Waals surface area contributed by atoms with Crippen LogP contribution in [0.15, 0.2) is 30.6 Å². The van der Waals surface area contributed by atoms with E-state index < -0.39 is 5.60 Å². The number of aliphatic hydroxyl groups is 1. The van der Waals surface area contributed by atoms with E-state index in [-0.39, 0.29) is 18.6 Å². The molecule has 8 nitrogen and oxygen atoms in total. The molecule has 2 aliphatic carbocycles. The number of benzene rings is 1. The molecule has 1 saturated heterocycles. The molecule has 3 aliphatic rings. The van der Waals surface area contributed by atoms with Crippen molar-refractivity contribution in [3.63, 3.8) is 0 Å². The van der Waals surface area contributed by atoms with Crippen LogP contribution in [0, 0.1) is 5.92 Å². The molecule has 6 rings (SSSR count). The molecule has 0 bridgehead atoms. The zero-order valence-electron chi connectivity index (χ0n) is 20.6. The van der Waals surface area contributed by atoms with Gasteiger partial charge in [0.15, 0.2) is 0 Å². The maximum atomic E-state index is 12.3. The van der Waals surface area contributed by atoms with E-state index in [0.717, 1.165) is 40.8 Å². The number of likely N-dealkylation sites (tertiary alicyclic amines) is 1. The number of ether oxygens (including phenoxy) is 1. The first-order chi connectivity index (χ1) is 16.8. The van der Waals surface area contributed by atoms with Crippen LogP contribution < -0.4 is 0 Å². The summed E-state index contributed by atoms with van der Waals surface area (Å²) in [6, 6.07) is 6.59. The van der Waals surface area contributed by atoms with Crippen LogP contribution in [-0.4, -0.2) is 61.1 Å². The summed E-state index contributed by atoms with van der Waals surface area (Å²) in [4.78, 5) is 23.8. The van der Waals surface area contributed by atoms with Crippen LogP contribution >= 0.6 is 0 Å². The van der Waals surface area contributed by atoms with Crippen LogP contribution in [0.5, 0.6) is 0 Å². The number of carbonyl (C=O) groups excluding carboxylic acids is 1. The second-order valence-electron chi connectivity index (χ2n) is 11.4. The Morgan fingerprint density at radius 3 is 2.60 bits per heavy atom. The summed E-state index contributed by atoms with van der Waals surface area (Å²) >= 11 is 0. The Bertz CT molecular complexity index is 1260. The topological polar surface area (TPSA) is 93.4 Å². The average Bonchev–Trinajstić information content (AvgIpc) is 3.49. The highest BCUT2D eigenvalue weighted by Crippen LogP contribution is 2.45. The molecule has 3 heterocycles. The number of hydrogen-bond donors (Lipinski definition) is 1. The van der Waals surface area contributed by atoms with Gasteiger partial charge in [-0.05, 0) is 70.1 Å². The zero-order valence-corrected chi connectivity index (χ0v) is 20.6. The highest BCUT2D eigenvalue weighted by atomic mass is 16.6. The largest absolute Gasteiger partial charge is 0.444 e. The average molecular weight is 476 g/mol. The molecule has 3 fully saturated rings. The Labute approximate surface area is 205 Å². The number of aliphatic hydroxyl groups excluding tert-OH is 1. The monoisotopic (exact) mass is 475 g/mol. The van der Waals surface area contributed by atoms with E-state index in [1.54, 1.807) is 4.90 Å². The van der Waals surface area contributed by atoms with Gasteiger partial charge in [0.05, 0.1) is 34.7 Å². The Morgan fingerprint density at radius 2 is 1.91 bits per heavy atom. The number of amides is 1. The minimum absolute atomic E-state index is 0.252. The predicted molar refractivity (Wildman–Crippen MR) is 132 cm³/mol. The first-order valence-corrected chi connectivity index (χ1v) is 12.7. The molecular weight excluding hydrogens is 442 g/mol. The summed E-state index contributed by atoms with van der Waals surface area (Å²) < 4.78 is 7.58. The minimum atomic E-state index is -0.483. The molecule has 184 valence electrons. The number of rotatable bonds is 5. The molecule has 35 heavy (non-hydrogen) atoms. The maximum absolute atomic E-state index is 12.3. The number of fused-ring (bicyclic) bond motifs is 1. The molecule has 3 aromatic rings. The zero-order chi connectivity index (χ0) is 24.3. The fourth-order valence-electron chi connectivity index (χ4n) is 5.09. The molecule has 1 aliphatic heterocycles. The quantitative estimate of drug-likeness (QED) is 0.577. The van der Waals surface area contributed by atoms with Gasteiger partial charge in [0, 0.05) is 43.3 Å². The molecule has 1 aromatic carbocycles.